The number of amides is 1. The normalized spacial score (nSPS) is 13.7. The zero-order valence-corrected chi connectivity index (χ0v) is 9.79. The number of hydrogen-bond donors (Lipinski definition) is 3. The van der Waals surface area contributed by atoms with E-state index in [1.807, 2.05) is 0 Å². The molecule has 0 aliphatic carbocycles. The van der Waals surface area contributed by atoms with Gasteiger partial charge < -0.3 is 25.4 Å². The molecule has 1 aromatic carbocycles. The highest BCUT2D eigenvalue weighted by atomic mass is 16.4. The molecule has 0 saturated carbocycles. The van der Waals surface area contributed by atoms with Crippen LogP contribution >= 0.6 is 0 Å². The minimum Gasteiger partial charge on any atom is -0.548 e. The van der Waals surface area contributed by atoms with Crippen LogP contribution in [-0.2, 0) is 16.0 Å². The number of aromatic hydroxyl groups is 1. The first-order valence-corrected chi connectivity index (χ1v) is 5.37. The number of phenolic OH excluding ortho intramolecular Hbond substituents is 1. The first-order chi connectivity index (χ1) is 8.40. The van der Waals surface area contributed by atoms with Crippen molar-refractivity contribution >= 4 is 11.9 Å². The summed E-state index contributed by atoms with van der Waals surface area (Å²) in [6, 6.07) is 4.69. The quantitative estimate of drug-likeness (QED) is 0.594. The van der Waals surface area contributed by atoms with E-state index in [4.69, 9.17) is 10.2 Å². The zero-order valence-electron chi connectivity index (χ0n) is 9.79. The van der Waals surface area contributed by atoms with Gasteiger partial charge in [-0.1, -0.05) is 12.1 Å². The number of carboxylic acid groups (broad SMARTS) is 1. The van der Waals surface area contributed by atoms with Crippen LogP contribution < -0.4 is 10.4 Å². The summed E-state index contributed by atoms with van der Waals surface area (Å²) < 4.78 is 0. The van der Waals surface area contributed by atoms with Gasteiger partial charge in [0.2, 0.25) is 5.91 Å². The van der Waals surface area contributed by atoms with Gasteiger partial charge in [-0.2, -0.15) is 0 Å². The maximum absolute atomic E-state index is 11.2. The molecule has 6 nitrogen and oxygen atoms in total. The van der Waals surface area contributed by atoms with Crippen LogP contribution in [0.5, 0.6) is 5.75 Å². The van der Waals surface area contributed by atoms with Crippen molar-refractivity contribution in [3.05, 3.63) is 29.8 Å². The highest BCUT2D eigenvalue weighted by Crippen LogP contribution is 2.11. The number of benzene rings is 1. The highest BCUT2D eigenvalue weighted by molar-refractivity contribution is 5.85. The number of aliphatic carboxylic acids is 1. The van der Waals surface area contributed by atoms with Crippen LogP contribution in [0.4, 0.5) is 0 Å². The summed E-state index contributed by atoms with van der Waals surface area (Å²) in [6.45, 7) is 1.24. The zero-order chi connectivity index (χ0) is 13.7. The summed E-state index contributed by atoms with van der Waals surface area (Å²) in [5.74, 6) is -2.14. The van der Waals surface area contributed by atoms with Crippen molar-refractivity contribution in [2.75, 3.05) is 0 Å². The van der Waals surface area contributed by atoms with Crippen molar-refractivity contribution in [2.24, 2.45) is 0 Å². The second-order valence-electron chi connectivity index (χ2n) is 3.93. The van der Waals surface area contributed by atoms with Crippen molar-refractivity contribution in [2.45, 2.75) is 25.5 Å². The largest absolute Gasteiger partial charge is 0.548 e. The average molecular weight is 252 g/mol. The summed E-state index contributed by atoms with van der Waals surface area (Å²) in [4.78, 5) is 22.1. The van der Waals surface area contributed by atoms with Crippen LogP contribution in [0.1, 0.15) is 12.5 Å². The van der Waals surface area contributed by atoms with Crippen molar-refractivity contribution in [3.63, 3.8) is 0 Å². The van der Waals surface area contributed by atoms with E-state index in [1.54, 1.807) is 12.1 Å². The molecule has 0 aromatic heterocycles. The first kappa shape index (κ1) is 14.0. The maximum atomic E-state index is 11.2. The van der Waals surface area contributed by atoms with E-state index in [0.29, 0.717) is 5.56 Å². The molecule has 0 radical (unpaired) electrons. The second-order valence-corrected chi connectivity index (χ2v) is 3.93. The molecule has 2 atom stereocenters. The smallest absolute Gasteiger partial charge is 0.249 e. The predicted molar refractivity (Wildman–Crippen MR) is 60.4 cm³/mol. The van der Waals surface area contributed by atoms with Crippen molar-refractivity contribution in [1.82, 2.24) is 5.32 Å². The van der Waals surface area contributed by atoms with Crippen LogP contribution in [0, 0.1) is 0 Å². The third kappa shape index (κ3) is 4.06. The van der Waals surface area contributed by atoms with Gasteiger partial charge in [-0.05, 0) is 31.0 Å². The summed E-state index contributed by atoms with van der Waals surface area (Å²) >= 11 is 0. The van der Waals surface area contributed by atoms with Crippen LogP contribution in [0.2, 0.25) is 0 Å². The van der Waals surface area contributed by atoms with Gasteiger partial charge in [0, 0.05) is 0 Å². The molecule has 0 saturated heterocycles. The van der Waals surface area contributed by atoms with Crippen molar-refractivity contribution < 1.29 is 24.9 Å². The third-order valence-electron chi connectivity index (χ3n) is 2.36. The number of hydrogen-bond acceptors (Lipinski definition) is 5. The Labute approximate surface area is 104 Å². The van der Waals surface area contributed by atoms with Crippen LogP contribution in [0.3, 0.4) is 0 Å². The van der Waals surface area contributed by atoms with Gasteiger partial charge in [0.05, 0.1) is 12.0 Å². The Balaban J connectivity index is 2.72. The van der Waals surface area contributed by atoms with Gasteiger partial charge in [-0.3, -0.25) is 4.79 Å². The number of aliphatic hydroxyl groups is 1. The molecule has 98 valence electrons. The van der Waals surface area contributed by atoms with Crippen LogP contribution in [0.25, 0.3) is 0 Å². The Hall–Kier alpha value is -2.08. The Morgan fingerprint density at radius 1 is 1.33 bits per heavy atom. The fraction of sp³-hybridized carbons (Fsp3) is 0.333. The highest BCUT2D eigenvalue weighted by Gasteiger charge is 2.17. The summed E-state index contributed by atoms with van der Waals surface area (Å²) in [7, 11) is 0. The molecule has 0 spiro atoms. The molecule has 0 bridgehead atoms. The fourth-order valence-corrected chi connectivity index (χ4v) is 1.35. The third-order valence-corrected chi connectivity index (χ3v) is 2.36. The van der Waals surface area contributed by atoms with Crippen LogP contribution in [-0.4, -0.2) is 34.2 Å². The molecular weight excluding hydrogens is 238 g/mol. The standard InChI is InChI=1S/C12H15NO5/c1-7(14)11(16)13-10(12(17)18)6-8-2-4-9(15)5-3-8/h2-5,7,10,14-15H,6H2,1H3,(H,13,16)(H,17,18)/p-1. The Kier molecular flexibility index (Phi) is 4.67. The molecule has 0 aliphatic heterocycles. The van der Waals surface area contributed by atoms with Crippen LogP contribution in [0.15, 0.2) is 24.3 Å². The second kappa shape index (κ2) is 6.02. The van der Waals surface area contributed by atoms with Gasteiger partial charge in [0.1, 0.15) is 11.9 Å². The lowest BCUT2D eigenvalue weighted by molar-refractivity contribution is -0.308. The lowest BCUT2D eigenvalue weighted by Gasteiger charge is -2.20. The van der Waals surface area contributed by atoms with Gasteiger partial charge in [0.15, 0.2) is 0 Å². The van der Waals surface area contributed by atoms with E-state index >= 15 is 0 Å². The summed E-state index contributed by atoms with van der Waals surface area (Å²) in [5, 5.41) is 31.1. The number of carbonyl (C=O) groups is 2. The van der Waals surface area contributed by atoms with E-state index in [0.717, 1.165) is 0 Å². The minimum atomic E-state index is -1.43. The molecule has 0 fully saturated rings. The van der Waals surface area contributed by atoms with E-state index < -0.39 is 24.0 Å². The number of carbonyl (C=O) groups excluding carboxylic acids is 2. The molecular formula is C12H14NO5-. The lowest BCUT2D eigenvalue weighted by Crippen LogP contribution is -2.51. The lowest BCUT2D eigenvalue weighted by atomic mass is 10.1. The molecule has 6 heteroatoms. The predicted octanol–water partition coefficient (Wildman–Crippen LogP) is -1.45. The van der Waals surface area contributed by atoms with Gasteiger partial charge in [0.25, 0.3) is 0 Å². The topological polar surface area (TPSA) is 110 Å². The fourth-order valence-electron chi connectivity index (χ4n) is 1.35. The molecule has 2 unspecified atom stereocenters. The van der Waals surface area contributed by atoms with Crippen molar-refractivity contribution in [3.8, 4) is 5.75 Å². The van der Waals surface area contributed by atoms with E-state index in [9.17, 15) is 14.7 Å². The van der Waals surface area contributed by atoms with E-state index in [2.05, 4.69) is 5.32 Å². The summed E-state index contributed by atoms with van der Waals surface area (Å²) in [6.07, 6.45) is -1.27. The molecule has 3 N–H and O–H groups in total. The van der Waals surface area contributed by atoms with E-state index in [1.165, 1.54) is 19.1 Å². The SMILES string of the molecule is CC(O)C(=O)NC(Cc1ccc(O)cc1)C(=O)[O-]. The maximum Gasteiger partial charge on any atom is 0.249 e. The van der Waals surface area contributed by atoms with Crippen molar-refractivity contribution in [1.29, 1.82) is 0 Å². The molecule has 0 aliphatic rings. The van der Waals surface area contributed by atoms with Gasteiger partial charge in [-0.15, -0.1) is 0 Å². The molecule has 1 aromatic rings. The number of nitrogens with one attached hydrogen (secondary N) is 1. The van der Waals surface area contributed by atoms with Gasteiger partial charge >= 0.3 is 0 Å². The summed E-state index contributed by atoms with van der Waals surface area (Å²) in [5.41, 5.74) is 0.618. The molecule has 18 heavy (non-hydrogen) atoms. The van der Waals surface area contributed by atoms with Gasteiger partial charge in [-0.25, -0.2) is 0 Å². The Bertz CT molecular complexity index is 427. The Morgan fingerprint density at radius 3 is 2.33 bits per heavy atom. The molecule has 1 rings (SSSR count). The monoisotopic (exact) mass is 252 g/mol. The number of aliphatic hydroxyl groups excluding tert-OH is 1. The number of rotatable bonds is 5. The Morgan fingerprint density at radius 2 is 1.89 bits per heavy atom. The minimum absolute atomic E-state index is 0.0150. The average Bonchev–Trinajstić information content (AvgIpc) is 2.30. The number of phenols is 1. The first-order valence-electron chi connectivity index (χ1n) is 5.37. The molecule has 0 heterocycles. The van der Waals surface area contributed by atoms with E-state index in [-0.39, 0.29) is 12.2 Å². The molecule has 1 amide bonds. The number of carboxylic acids is 1.